The molecule has 4 heteroatoms. The molecule has 1 saturated heterocycles. The quantitative estimate of drug-likeness (QED) is 0.819. The van der Waals surface area contributed by atoms with Gasteiger partial charge in [-0.1, -0.05) is 12.1 Å². The number of piperazine rings is 1. The maximum absolute atomic E-state index is 10.1. The lowest BCUT2D eigenvalue weighted by molar-refractivity contribution is 0.238. The van der Waals surface area contributed by atoms with Gasteiger partial charge in [0, 0.05) is 26.2 Å². The first-order valence-electron chi connectivity index (χ1n) is 7.18. The Labute approximate surface area is 115 Å². The first-order chi connectivity index (χ1) is 9.31. The van der Waals surface area contributed by atoms with Crippen LogP contribution in [0, 0.1) is 0 Å². The number of nitrogens with zero attached hydrogens (tertiary/aromatic N) is 1. The van der Waals surface area contributed by atoms with Gasteiger partial charge in [0.15, 0.2) is 11.5 Å². The fourth-order valence-corrected chi connectivity index (χ4v) is 2.47. The summed E-state index contributed by atoms with van der Waals surface area (Å²) in [5.41, 5.74) is 0.987. The summed E-state index contributed by atoms with van der Waals surface area (Å²) in [7, 11) is 0. The van der Waals surface area contributed by atoms with Gasteiger partial charge in [-0.2, -0.15) is 0 Å². The van der Waals surface area contributed by atoms with Crippen LogP contribution in [0.1, 0.15) is 18.9 Å². The molecule has 0 atom stereocenters. The van der Waals surface area contributed by atoms with Gasteiger partial charge in [0.1, 0.15) is 0 Å². The summed E-state index contributed by atoms with van der Waals surface area (Å²) < 4.78 is 5.40. The predicted molar refractivity (Wildman–Crippen MR) is 76.9 cm³/mol. The van der Waals surface area contributed by atoms with Gasteiger partial charge < -0.3 is 20.1 Å². The van der Waals surface area contributed by atoms with Gasteiger partial charge in [-0.15, -0.1) is 0 Å². The van der Waals surface area contributed by atoms with Crippen LogP contribution in [-0.4, -0.2) is 49.3 Å². The van der Waals surface area contributed by atoms with Crippen molar-refractivity contribution >= 4 is 0 Å². The molecule has 0 radical (unpaired) electrons. The van der Waals surface area contributed by atoms with Gasteiger partial charge in [-0.25, -0.2) is 0 Å². The molecule has 0 aromatic heterocycles. The van der Waals surface area contributed by atoms with E-state index >= 15 is 0 Å². The van der Waals surface area contributed by atoms with Gasteiger partial charge in [0.05, 0.1) is 6.61 Å². The highest BCUT2D eigenvalue weighted by Gasteiger charge is 2.11. The van der Waals surface area contributed by atoms with Crippen molar-refractivity contribution in [3.8, 4) is 11.5 Å². The lowest BCUT2D eigenvalue weighted by Gasteiger charge is -2.27. The maximum atomic E-state index is 10.1. The SMILES string of the molecule is CCOc1cccc(CCCN2CCNCC2)c1O. The van der Waals surface area contributed by atoms with Crippen molar-refractivity contribution in [2.45, 2.75) is 19.8 Å². The molecule has 0 unspecified atom stereocenters. The van der Waals surface area contributed by atoms with E-state index in [-0.39, 0.29) is 0 Å². The van der Waals surface area contributed by atoms with E-state index in [1.165, 1.54) is 0 Å². The number of hydrogen-bond donors (Lipinski definition) is 2. The Bertz CT molecular complexity index is 390. The van der Waals surface area contributed by atoms with Crippen LogP contribution in [0.15, 0.2) is 18.2 Å². The Kier molecular flexibility index (Phi) is 5.48. The number of aryl methyl sites for hydroxylation is 1. The highest BCUT2D eigenvalue weighted by Crippen LogP contribution is 2.30. The van der Waals surface area contributed by atoms with Gasteiger partial charge >= 0.3 is 0 Å². The summed E-state index contributed by atoms with van der Waals surface area (Å²) in [6.45, 7) is 8.04. The molecule has 0 spiro atoms. The van der Waals surface area contributed by atoms with E-state index < -0.39 is 0 Å². The van der Waals surface area contributed by atoms with Gasteiger partial charge in [-0.3, -0.25) is 0 Å². The number of hydrogen-bond acceptors (Lipinski definition) is 4. The molecule has 0 amide bonds. The Morgan fingerprint density at radius 3 is 2.84 bits per heavy atom. The van der Waals surface area contributed by atoms with Crippen LogP contribution in [-0.2, 0) is 6.42 Å². The standard InChI is InChI=1S/C15H24N2O2/c1-2-19-14-7-3-5-13(15(14)18)6-4-10-17-11-8-16-9-12-17/h3,5,7,16,18H,2,4,6,8-12H2,1H3. The van der Waals surface area contributed by atoms with E-state index in [2.05, 4.69) is 10.2 Å². The number of rotatable bonds is 6. The summed E-state index contributed by atoms with van der Waals surface area (Å²) in [4.78, 5) is 2.47. The predicted octanol–water partition coefficient (Wildman–Crippen LogP) is 1.63. The summed E-state index contributed by atoms with van der Waals surface area (Å²) in [5.74, 6) is 0.909. The van der Waals surface area contributed by atoms with E-state index in [9.17, 15) is 5.11 Å². The topological polar surface area (TPSA) is 44.7 Å². The van der Waals surface area contributed by atoms with Crippen LogP contribution in [0.3, 0.4) is 0 Å². The summed E-state index contributed by atoms with van der Waals surface area (Å²) in [5, 5.41) is 13.5. The molecule has 1 aliphatic rings. The molecular weight excluding hydrogens is 240 g/mol. The second-order valence-electron chi connectivity index (χ2n) is 4.89. The van der Waals surface area contributed by atoms with Crippen LogP contribution < -0.4 is 10.1 Å². The molecule has 106 valence electrons. The van der Waals surface area contributed by atoms with Crippen molar-refractivity contribution in [2.75, 3.05) is 39.3 Å². The molecule has 0 bridgehead atoms. The average molecular weight is 264 g/mol. The third-order valence-corrected chi connectivity index (χ3v) is 3.51. The Morgan fingerprint density at radius 1 is 1.32 bits per heavy atom. The van der Waals surface area contributed by atoms with E-state index in [1.807, 2.05) is 25.1 Å². The molecule has 4 nitrogen and oxygen atoms in total. The Morgan fingerprint density at radius 2 is 2.11 bits per heavy atom. The fourth-order valence-electron chi connectivity index (χ4n) is 2.47. The van der Waals surface area contributed by atoms with Crippen molar-refractivity contribution in [3.05, 3.63) is 23.8 Å². The molecule has 0 saturated carbocycles. The molecular formula is C15H24N2O2. The zero-order chi connectivity index (χ0) is 13.5. The lowest BCUT2D eigenvalue weighted by Crippen LogP contribution is -2.43. The van der Waals surface area contributed by atoms with E-state index in [0.717, 1.165) is 51.1 Å². The van der Waals surface area contributed by atoms with E-state index in [0.29, 0.717) is 18.1 Å². The Hall–Kier alpha value is -1.26. The van der Waals surface area contributed by atoms with Crippen molar-refractivity contribution < 1.29 is 9.84 Å². The number of benzene rings is 1. The summed E-state index contributed by atoms with van der Waals surface area (Å²) in [6.07, 6.45) is 1.97. The number of para-hydroxylation sites is 1. The maximum Gasteiger partial charge on any atom is 0.161 e. The van der Waals surface area contributed by atoms with Gasteiger partial charge in [-0.05, 0) is 37.9 Å². The molecule has 2 rings (SSSR count). The summed E-state index contributed by atoms with van der Waals surface area (Å²) >= 11 is 0. The van der Waals surface area contributed by atoms with Crippen molar-refractivity contribution in [2.24, 2.45) is 0 Å². The van der Waals surface area contributed by atoms with Crippen LogP contribution in [0.4, 0.5) is 0 Å². The van der Waals surface area contributed by atoms with Crippen molar-refractivity contribution in [1.29, 1.82) is 0 Å². The molecule has 1 heterocycles. The molecule has 1 aromatic carbocycles. The minimum absolute atomic E-state index is 0.310. The highest BCUT2D eigenvalue weighted by molar-refractivity contribution is 5.45. The number of ether oxygens (including phenoxy) is 1. The minimum Gasteiger partial charge on any atom is -0.504 e. The molecule has 1 aliphatic heterocycles. The third kappa shape index (κ3) is 4.11. The van der Waals surface area contributed by atoms with Crippen LogP contribution >= 0.6 is 0 Å². The first-order valence-corrected chi connectivity index (χ1v) is 7.18. The van der Waals surface area contributed by atoms with Crippen molar-refractivity contribution in [3.63, 3.8) is 0 Å². The Balaban J connectivity index is 1.83. The fraction of sp³-hybridized carbons (Fsp3) is 0.600. The summed E-state index contributed by atoms with van der Waals surface area (Å²) in [6, 6.07) is 5.75. The zero-order valence-corrected chi connectivity index (χ0v) is 11.7. The highest BCUT2D eigenvalue weighted by atomic mass is 16.5. The molecule has 1 fully saturated rings. The number of phenolic OH excluding ortho intramolecular Hbond substituents is 1. The average Bonchev–Trinajstić information content (AvgIpc) is 2.44. The monoisotopic (exact) mass is 264 g/mol. The van der Waals surface area contributed by atoms with Crippen LogP contribution in [0.2, 0.25) is 0 Å². The number of phenols is 1. The minimum atomic E-state index is 0.310. The molecule has 2 N–H and O–H groups in total. The number of aromatic hydroxyl groups is 1. The third-order valence-electron chi connectivity index (χ3n) is 3.51. The zero-order valence-electron chi connectivity index (χ0n) is 11.7. The van der Waals surface area contributed by atoms with Gasteiger partial charge in [0.2, 0.25) is 0 Å². The second-order valence-corrected chi connectivity index (χ2v) is 4.89. The molecule has 19 heavy (non-hydrogen) atoms. The van der Waals surface area contributed by atoms with Crippen LogP contribution in [0.5, 0.6) is 11.5 Å². The van der Waals surface area contributed by atoms with E-state index in [4.69, 9.17) is 4.74 Å². The largest absolute Gasteiger partial charge is 0.504 e. The number of nitrogens with one attached hydrogen (secondary N) is 1. The first kappa shape index (κ1) is 14.2. The second kappa shape index (κ2) is 7.36. The van der Waals surface area contributed by atoms with Crippen molar-refractivity contribution in [1.82, 2.24) is 10.2 Å². The molecule has 1 aromatic rings. The molecule has 0 aliphatic carbocycles. The van der Waals surface area contributed by atoms with Gasteiger partial charge in [0.25, 0.3) is 0 Å². The normalized spacial score (nSPS) is 16.5. The lowest BCUT2D eigenvalue weighted by atomic mass is 10.1. The van der Waals surface area contributed by atoms with E-state index in [1.54, 1.807) is 0 Å². The van der Waals surface area contributed by atoms with Crippen LogP contribution in [0.25, 0.3) is 0 Å². The smallest absolute Gasteiger partial charge is 0.161 e.